The third kappa shape index (κ3) is 3.98. The number of hydrogen-bond acceptors (Lipinski definition) is 4. The van der Waals surface area contributed by atoms with Gasteiger partial charge < -0.3 is 15.4 Å². The predicted octanol–water partition coefficient (Wildman–Crippen LogP) is 3.23. The van der Waals surface area contributed by atoms with Crippen LogP contribution in [0.4, 0.5) is 8.78 Å². The third-order valence-electron chi connectivity index (χ3n) is 6.70. The fourth-order valence-electron chi connectivity index (χ4n) is 5.50. The average Bonchev–Trinajstić information content (AvgIpc) is 3.20. The molecule has 3 aliphatic rings. The molecule has 5 nitrogen and oxygen atoms in total. The molecule has 0 radical (unpaired) electrons. The third-order valence-corrected chi connectivity index (χ3v) is 6.70. The summed E-state index contributed by atoms with van der Waals surface area (Å²) < 4.78 is 35.9. The molecule has 4 rings (SSSR count). The highest BCUT2D eigenvalue weighted by Gasteiger charge is 2.48. The van der Waals surface area contributed by atoms with Crippen LogP contribution < -0.4 is 10.6 Å². The molecule has 28 heavy (non-hydrogen) atoms. The van der Waals surface area contributed by atoms with Crippen LogP contribution in [-0.2, 0) is 24.2 Å². The molecule has 1 aromatic heterocycles. The van der Waals surface area contributed by atoms with Gasteiger partial charge in [0.05, 0.1) is 24.3 Å². The van der Waals surface area contributed by atoms with Crippen LogP contribution in [0.3, 0.4) is 0 Å². The molecule has 1 aliphatic carbocycles. The summed E-state index contributed by atoms with van der Waals surface area (Å²) in [6, 6.07) is 0. The van der Waals surface area contributed by atoms with Gasteiger partial charge in [-0.2, -0.15) is 5.10 Å². The minimum Gasteiger partial charge on any atom is -0.374 e. The molecule has 0 unspecified atom stereocenters. The minimum atomic E-state index is -2.66. The Morgan fingerprint density at radius 3 is 2.61 bits per heavy atom. The fraction of sp³-hybridized carbons (Fsp3) is 0.857. The summed E-state index contributed by atoms with van der Waals surface area (Å²) in [6.45, 7) is 7.46. The fourth-order valence-corrected chi connectivity index (χ4v) is 5.50. The number of rotatable bonds is 6. The molecule has 0 amide bonds. The van der Waals surface area contributed by atoms with Gasteiger partial charge in [-0.25, -0.2) is 8.78 Å². The Balaban J connectivity index is 1.50. The second kappa shape index (κ2) is 7.33. The van der Waals surface area contributed by atoms with Crippen molar-refractivity contribution < 1.29 is 13.5 Å². The number of ether oxygens (including phenoxy) is 1. The lowest BCUT2D eigenvalue weighted by atomic mass is 9.71. The summed E-state index contributed by atoms with van der Waals surface area (Å²) in [5.41, 5.74) is 3.09. The molecule has 1 saturated carbocycles. The second-order valence-corrected chi connectivity index (χ2v) is 9.86. The van der Waals surface area contributed by atoms with Crippen molar-refractivity contribution in [3.05, 3.63) is 17.0 Å². The lowest BCUT2D eigenvalue weighted by molar-refractivity contribution is -0.0295. The molecule has 0 atom stereocenters. The van der Waals surface area contributed by atoms with Crippen molar-refractivity contribution >= 4 is 0 Å². The van der Waals surface area contributed by atoms with E-state index in [-0.39, 0.29) is 24.0 Å². The van der Waals surface area contributed by atoms with E-state index < -0.39 is 5.92 Å². The van der Waals surface area contributed by atoms with Gasteiger partial charge in [-0.15, -0.1) is 0 Å². The van der Waals surface area contributed by atoms with E-state index >= 15 is 0 Å². The smallest absolute Gasteiger partial charge is 0.272 e. The minimum absolute atomic E-state index is 0.00544. The van der Waals surface area contributed by atoms with Crippen molar-refractivity contribution in [2.24, 2.45) is 5.41 Å². The van der Waals surface area contributed by atoms with Crippen LogP contribution in [0.15, 0.2) is 0 Å². The zero-order valence-electron chi connectivity index (χ0n) is 17.4. The quantitative estimate of drug-likeness (QED) is 0.725. The standard InChI is InChI=1S/C21H34F2N4O/c1-19(2)12-20(28-14-19)6-4-15(5-7-20)18-16(11-25-9-8-24-3)26-27-13-21(22,23)10-17(18)27/h15,24-25H,4-14H2,1-3H3. The van der Waals surface area contributed by atoms with Gasteiger partial charge in [0.1, 0.15) is 6.54 Å². The maximum absolute atomic E-state index is 14.0. The highest BCUT2D eigenvalue weighted by molar-refractivity contribution is 5.34. The van der Waals surface area contributed by atoms with Gasteiger partial charge in [0.15, 0.2) is 0 Å². The van der Waals surface area contributed by atoms with Crippen molar-refractivity contribution in [2.45, 2.75) is 82.9 Å². The molecule has 0 aromatic carbocycles. The molecular formula is C21H34F2N4O. The number of aromatic nitrogens is 2. The molecule has 2 N–H and O–H groups in total. The molecule has 1 aromatic rings. The number of nitrogens with zero attached hydrogens (tertiary/aromatic N) is 2. The Bertz CT molecular complexity index is 708. The van der Waals surface area contributed by atoms with Gasteiger partial charge >= 0.3 is 0 Å². The topological polar surface area (TPSA) is 51.1 Å². The SMILES string of the molecule is CNCCNCc1nn2c(c1C1CCC3(CC1)CC(C)(C)CO3)CC(F)(F)C2. The Hall–Kier alpha value is -1.05. The first kappa shape index (κ1) is 20.2. The van der Waals surface area contributed by atoms with Crippen LogP contribution >= 0.6 is 0 Å². The van der Waals surface area contributed by atoms with E-state index in [1.165, 1.54) is 0 Å². The Morgan fingerprint density at radius 2 is 1.96 bits per heavy atom. The Kier molecular flexibility index (Phi) is 5.30. The maximum atomic E-state index is 14.0. The molecule has 1 saturated heterocycles. The van der Waals surface area contributed by atoms with Gasteiger partial charge in [-0.3, -0.25) is 4.68 Å². The first-order valence-electron chi connectivity index (χ1n) is 10.7. The monoisotopic (exact) mass is 396 g/mol. The van der Waals surface area contributed by atoms with E-state index in [1.807, 2.05) is 7.05 Å². The van der Waals surface area contributed by atoms with Crippen molar-refractivity contribution in [3.63, 3.8) is 0 Å². The van der Waals surface area contributed by atoms with E-state index in [2.05, 4.69) is 29.6 Å². The van der Waals surface area contributed by atoms with Gasteiger partial charge in [0, 0.05) is 30.9 Å². The zero-order valence-corrected chi connectivity index (χ0v) is 17.4. The van der Waals surface area contributed by atoms with Gasteiger partial charge in [0.25, 0.3) is 5.92 Å². The van der Waals surface area contributed by atoms with Crippen molar-refractivity contribution in [3.8, 4) is 0 Å². The molecule has 7 heteroatoms. The predicted molar refractivity (Wildman–Crippen MR) is 105 cm³/mol. The molecule has 2 fully saturated rings. The average molecular weight is 397 g/mol. The summed E-state index contributed by atoms with van der Waals surface area (Å²) in [5.74, 6) is -2.35. The van der Waals surface area contributed by atoms with Gasteiger partial charge in [-0.05, 0) is 50.5 Å². The number of nitrogens with one attached hydrogen (secondary N) is 2. The summed E-state index contributed by atoms with van der Waals surface area (Å²) in [6.07, 6.45) is 4.99. The molecule has 1 spiro atoms. The maximum Gasteiger partial charge on any atom is 0.272 e. The van der Waals surface area contributed by atoms with E-state index in [0.29, 0.717) is 12.5 Å². The zero-order chi connectivity index (χ0) is 20.0. The van der Waals surface area contributed by atoms with Crippen LogP contribution in [0.2, 0.25) is 0 Å². The van der Waals surface area contributed by atoms with Crippen LogP contribution in [0, 0.1) is 5.41 Å². The first-order valence-corrected chi connectivity index (χ1v) is 10.7. The summed E-state index contributed by atoms with van der Waals surface area (Å²) >= 11 is 0. The van der Waals surface area contributed by atoms with Crippen LogP contribution in [0.5, 0.6) is 0 Å². The number of halogens is 2. The van der Waals surface area contributed by atoms with E-state index in [0.717, 1.165) is 68.8 Å². The van der Waals surface area contributed by atoms with Crippen molar-refractivity contribution in [1.29, 1.82) is 0 Å². The van der Waals surface area contributed by atoms with Gasteiger partial charge in [-0.1, -0.05) is 13.8 Å². The molecule has 3 heterocycles. The Morgan fingerprint density at radius 1 is 1.21 bits per heavy atom. The number of likely N-dealkylation sites (N-methyl/N-ethyl adjacent to an activating group) is 1. The van der Waals surface area contributed by atoms with Crippen LogP contribution in [0.1, 0.15) is 68.8 Å². The van der Waals surface area contributed by atoms with Crippen molar-refractivity contribution in [2.75, 3.05) is 26.7 Å². The number of hydrogen-bond donors (Lipinski definition) is 2. The van der Waals surface area contributed by atoms with Crippen molar-refractivity contribution in [1.82, 2.24) is 20.4 Å². The lowest BCUT2D eigenvalue weighted by Crippen LogP contribution is -2.34. The Labute approximate surface area is 166 Å². The number of alkyl halides is 2. The van der Waals surface area contributed by atoms with Crippen LogP contribution in [-0.4, -0.2) is 48.0 Å². The van der Waals surface area contributed by atoms with Gasteiger partial charge in [0.2, 0.25) is 0 Å². The van der Waals surface area contributed by atoms with E-state index in [1.54, 1.807) is 4.68 Å². The largest absolute Gasteiger partial charge is 0.374 e. The lowest BCUT2D eigenvalue weighted by Gasteiger charge is -2.37. The molecule has 2 aliphatic heterocycles. The highest BCUT2D eigenvalue weighted by atomic mass is 19.3. The second-order valence-electron chi connectivity index (χ2n) is 9.86. The summed E-state index contributed by atoms with van der Waals surface area (Å²) in [5, 5.41) is 11.1. The number of fused-ring (bicyclic) bond motifs is 1. The van der Waals surface area contributed by atoms with Crippen LogP contribution in [0.25, 0.3) is 0 Å². The summed E-state index contributed by atoms with van der Waals surface area (Å²) in [7, 11) is 1.92. The first-order chi connectivity index (χ1) is 13.2. The molecular weight excluding hydrogens is 362 g/mol. The molecule has 0 bridgehead atoms. The highest BCUT2D eigenvalue weighted by Crippen LogP contribution is 2.51. The summed E-state index contributed by atoms with van der Waals surface area (Å²) in [4.78, 5) is 0. The van der Waals surface area contributed by atoms with E-state index in [4.69, 9.17) is 4.74 Å². The normalized spacial score (nSPS) is 30.8. The molecule has 158 valence electrons. The van der Waals surface area contributed by atoms with E-state index in [9.17, 15) is 8.78 Å².